The molecular formula is C25H31BrN2O4. The van der Waals surface area contributed by atoms with E-state index in [9.17, 15) is 9.59 Å². The number of rotatable bonds is 13. The SMILES string of the molecule is CCCCCCCCC(=O)NN=Cc1cc(Br)ccc1OC(=O)c1ccc(OCC)cc1. The van der Waals surface area contributed by atoms with Crippen LogP contribution in [-0.2, 0) is 4.79 Å². The van der Waals surface area contributed by atoms with Crippen molar-refractivity contribution in [1.29, 1.82) is 0 Å². The number of unbranched alkanes of at least 4 members (excludes halogenated alkanes) is 5. The second-order valence-corrected chi connectivity index (χ2v) is 8.26. The predicted octanol–water partition coefficient (Wildman–Crippen LogP) is 6.27. The topological polar surface area (TPSA) is 77.0 Å². The van der Waals surface area contributed by atoms with E-state index in [1.165, 1.54) is 25.5 Å². The van der Waals surface area contributed by atoms with Crippen molar-refractivity contribution in [2.24, 2.45) is 5.10 Å². The molecular weight excluding hydrogens is 472 g/mol. The number of esters is 1. The first kappa shape index (κ1) is 25.6. The molecule has 0 heterocycles. The molecule has 0 bridgehead atoms. The molecule has 0 aromatic heterocycles. The third-order valence-electron chi connectivity index (χ3n) is 4.73. The molecule has 1 N–H and O–H groups in total. The zero-order valence-electron chi connectivity index (χ0n) is 18.7. The van der Waals surface area contributed by atoms with E-state index in [0.717, 1.165) is 23.7 Å². The highest BCUT2D eigenvalue weighted by Gasteiger charge is 2.12. The molecule has 0 radical (unpaired) electrons. The standard InChI is InChI=1S/C25H31BrN2O4/c1-3-5-6-7-8-9-10-24(29)28-27-18-20-17-21(26)13-16-23(20)32-25(30)19-11-14-22(15-12-19)31-4-2/h11-18H,3-10H2,1-2H3,(H,28,29). The van der Waals surface area contributed by atoms with Crippen molar-refractivity contribution in [3.63, 3.8) is 0 Å². The molecule has 0 unspecified atom stereocenters. The van der Waals surface area contributed by atoms with Crippen LogP contribution in [0.5, 0.6) is 11.5 Å². The molecule has 32 heavy (non-hydrogen) atoms. The summed E-state index contributed by atoms with van der Waals surface area (Å²) in [6, 6.07) is 12.0. The average molecular weight is 503 g/mol. The van der Waals surface area contributed by atoms with E-state index in [1.54, 1.807) is 42.5 Å². The maximum Gasteiger partial charge on any atom is 0.343 e. The highest BCUT2D eigenvalue weighted by Crippen LogP contribution is 2.23. The van der Waals surface area contributed by atoms with Gasteiger partial charge in [-0.25, -0.2) is 10.2 Å². The zero-order valence-corrected chi connectivity index (χ0v) is 20.3. The van der Waals surface area contributed by atoms with Gasteiger partial charge in [-0.1, -0.05) is 55.0 Å². The highest BCUT2D eigenvalue weighted by atomic mass is 79.9. The van der Waals surface area contributed by atoms with Crippen molar-refractivity contribution in [3.05, 3.63) is 58.1 Å². The third kappa shape index (κ3) is 9.22. The minimum atomic E-state index is -0.489. The number of amides is 1. The smallest absolute Gasteiger partial charge is 0.343 e. The number of hydrogen-bond donors (Lipinski definition) is 1. The number of ether oxygens (including phenoxy) is 2. The molecule has 2 aromatic carbocycles. The molecule has 7 heteroatoms. The molecule has 2 rings (SSSR count). The van der Waals surface area contributed by atoms with Crippen LogP contribution < -0.4 is 14.9 Å². The first-order valence-electron chi connectivity index (χ1n) is 11.1. The molecule has 172 valence electrons. The van der Waals surface area contributed by atoms with Crippen LogP contribution in [0.1, 0.15) is 74.7 Å². The van der Waals surface area contributed by atoms with Crippen LogP contribution in [-0.4, -0.2) is 24.7 Å². The number of hydrogen-bond acceptors (Lipinski definition) is 5. The quantitative estimate of drug-likeness (QED) is 0.115. The molecule has 0 atom stereocenters. The summed E-state index contributed by atoms with van der Waals surface area (Å²) < 4.78 is 11.7. The number of carbonyl (C=O) groups excluding carboxylic acids is 2. The fourth-order valence-corrected chi connectivity index (χ4v) is 3.40. The molecule has 6 nitrogen and oxygen atoms in total. The Bertz CT molecular complexity index is 897. The van der Waals surface area contributed by atoms with Gasteiger partial charge in [-0.3, -0.25) is 4.79 Å². The Morgan fingerprint density at radius 3 is 2.44 bits per heavy atom. The van der Waals surface area contributed by atoms with Crippen LogP contribution in [0.15, 0.2) is 52.0 Å². The lowest BCUT2D eigenvalue weighted by Gasteiger charge is -2.09. The van der Waals surface area contributed by atoms with Crippen molar-refractivity contribution in [1.82, 2.24) is 5.43 Å². The van der Waals surface area contributed by atoms with Gasteiger partial charge in [-0.2, -0.15) is 5.10 Å². The van der Waals surface area contributed by atoms with Crippen LogP contribution in [0, 0.1) is 0 Å². The van der Waals surface area contributed by atoms with E-state index in [2.05, 4.69) is 33.4 Å². The summed E-state index contributed by atoms with van der Waals surface area (Å²) in [6.45, 7) is 4.64. The summed E-state index contributed by atoms with van der Waals surface area (Å²) >= 11 is 3.41. The van der Waals surface area contributed by atoms with Crippen LogP contribution in [0.2, 0.25) is 0 Å². The van der Waals surface area contributed by atoms with Crippen LogP contribution >= 0.6 is 15.9 Å². The first-order chi connectivity index (χ1) is 15.5. The molecule has 2 aromatic rings. The molecule has 0 spiro atoms. The van der Waals surface area contributed by atoms with Gasteiger partial charge in [0.05, 0.1) is 18.4 Å². The van der Waals surface area contributed by atoms with Crippen molar-refractivity contribution >= 4 is 34.0 Å². The van der Waals surface area contributed by atoms with E-state index in [4.69, 9.17) is 9.47 Å². The first-order valence-corrected chi connectivity index (χ1v) is 11.9. The van der Waals surface area contributed by atoms with Gasteiger partial charge >= 0.3 is 5.97 Å². The zero-order chi connectivity index (χ0) is 23.2. The maximum absolute atomic E-state index is 12.5. The summed E-state index contributed by atoms with van der Waals surface area (Å²) in [5.74, 6) is 0.426. The molecule has 0 fully saturated rings. The maximum atomic E-state index is 12.5. The van der Waals surface area contributed by atoms with E-state index < -0.39 is 5.97 Å². The lowest BCUT2D eigenvalue weighted by Crippen LogP contribution is -2.17. The van der Waals surface area contributed by atoms with Crippen molar-refractivity contribution in [2.75, 3.05) is 6.61 Å². The van der Waals surface area contributed by atoms with Crippen molar-refractivity contribution in [3.8, 4) is 11.5 Å². The fraction of sp³-hybridized carbons (Fsp3) is 0.400. The summed E-state index contributed by atoms with van der Waals surface area (Å²) in [7, 11) is 0. The number of nitrogens with one attached hydrogen (secondary N) is 1. The van der Waals surface area contributed by atoms with Gasteiger partial charge in [0.1, 0.15) is 11.5 Å². The second kappa shape index (κ2) is 14.4. The monoisotopic (exact) mass is 502 g/mol. The molecule has 0 aliphatic rings. The Morgan fingerprint density at radius 2 is 1.72 bits per heavy atom. The summed E-state index contributed by atoms with van der Waals surface area (Å²) in [5, 5.41) is 4.03. The highest BCUT2D eigenvalue weighted by molar-refractivity contribution is 9.10. The molecule has 0 saturated carbocycles. The number of benzene rings is 2. The summed E-state index contributed by atoms with van der Waals surface area (Å²) in [5.41, 5.74) is 3.52. The normalized spacial score (nSPS) is 10.8. The van der Waals surface area contributed by atoms with Crippen LogP contribution in [0.3, 0.4) is 0 Å². The second-order valence-electron chi connectivity index (χ2n) is 7.34. The molecule has 0 aliphatic heterocycles. The van der Waals surface area contributed by atoms with Gasteiger partial charge in [0.25, 0.3) is 0 Å². The predicted molar refractivity (Wildman–Crippen MR) is 130 cm³/mol. The molecule has 0 saturated heterocycles. The Hall–Kier alpha value is -2.67. The average Bonchev–Trinajstić information content (AvgIpc) is 2.78. The Morgan fingerprint density at radius 1 is 1.00 bits per heavy atom. The van der Waals surface area contributed by atoms with Crippen LogP contribution in [0.4, 0.5) is 0 Å². The van der Waals surface area contributed by atoms with Crippen LogP contribution in [0.25, 0.3) is 0 Å². The Kier molecular flexibility index (Phi) is 11.5. The largest absolute Gasteiger partial charge is 0.494 e. The van der Waals surface area contributed by atoms with Gasteiger partial charge in [-0.05, 0) is 55.8 Å². The molecule has 1 amide bonds. The minimum absolute atomic E-state index is 0.125. The van der Waals surface area contributed by atoms with E-state index in [-0.39, 0.29) is 5.91 Å². The van der Waals surface area contributed by atoms with E-state index in [0.29, 0.717) is 35.7 Å². The van der Waals surface area contributed by atoms with Gasteiger partial charge in [-0.15, -0.1) is 0 Å². The van der Waals surface area contributed by atoms with Gasteiger partial charge in [0.15, 0.2) is 0 Å². The number of hydrazone groups is 1. The number of halogens is 1. The number of carbonyl (C=O) groups is 2. The van der Waals surface area contributed by atoms with Crippen molar-refractivity contribution in [2.45, 2.75) is 58.8 Å². The fourth-order valence-electron chi connectivity index (χ4n) is 3.02. The Labute approximate surface area is 198 Å². The van der Waals surface area contributed by atoms with Gasteiger partial charge in [0.2, 0.25) is 5.91 Å². The van der Waals surface area contributed by atoms with E-state index >= 15 is 0 Å². The van der Waals surface area contributed by atoms with Gasteiger partial charge in [0, 0.05) is 16.5 Å². The van der Waals surface area contributed by atoms with E-state index in [1.807, 2.05) is 6.92 Å². The Balaban J connectivity index is 1.91. The molecule has 0 aliphatic carbocycles. The lowest BCUT2D eigenvalue weighted by atomic mass is 10.1. The number of nitrogens with zero attached hydrogens (tertiary/aromatic N) is 1. The third-order valence-corrected chi connectivity index (χ3v) is 5.22. The lowest BCUT2D eigenvalue weighted by molar-refractivity contribution is -0.121. The van der Waals surface area contributed by atoms with Crippen molar-refractivity contribution < 1.29 is 19.1 Å². The summed E-state index contributed by atoms with van der Waals surface area (Å²) in [6.07, 6.45) is 8.66. The summed E-state index contributed by atoms with van der Waals surface area (Å²) in [4.78, 5) is 24.5. The minimum Gasteiger partial charge on any atom is -0.494 e. The van der Waals surface area contributed by atoms with Gasteiger partial charge < -0.3 is 9.47 Å².